The fourth-order valence-electron chi connectivity index (χ4n) is 1.65. The largest absolute Gasteiger partial charge is 0.497 e. The van der Waals surface area contributed by atoms with Crippen LogP contribution in [0.2, 0.25) is 0 Å². The number of fused-ring (bicyclic) bond motifs is 1. The Morgan fingerprint density at radius 3 is 2.53 bits per heavy atom. The summed E-state index contributed by atoms with van der Waals surface area (Å²) in [6, 6.07) is 5.24. The van der Waals surface area contributed by atoms with Crippen molar-refractivity contribution in [3.05, 3.63) is 35.5 Å². The first-order valence-corrected chi connectivity index (χ1v) is 5.12. The van der Waals surface area contributed by atoms with Crippen molar-refractivity contribution >= 4 is 16.9 Å². The fraction of sp³-hybridized carbons (Fsp3) is 0.167. The molecule has 100 valence electrons. The second kappa shape index (κ2) is 4.42. The zero-order valence-corrected chi connectivity index (χ0v) is 9.65. The summed E-state index contributed by atoms with van der Waals surface area (Å²) in [4.78, 5) is 14.3. The molecule has 7 heteroatoms. The minimum Gasteiger partial charge on any atom is -0.497 e. The highest BCUT2D eigenvalue weighted by Crippen LogP contribution is 2.33. The van der Waals surface area contributed by atoms with Gasteiger partial charge in [-0.3, -0.25) is 0 Å². The first-order chi connectivity index (χ1) is 8.82. The van der Waals surface area contributed by atoms with Crippen LogP contribution in [-0.2, 0) is 6.18 Å². The molecule has 0 bridgehead atoms. The van der Waals surface area contributed by atoms with Crippen molar-refractivity contribution in [2.24, 2.45) is 0 Å². The molecule has 1 N–H and O–H groups in total. The molecule has 0 aliphatic carbocycles. The van der Waals surface area contributed by atoms with Gasteiger partial charge in [0, 0.05) is 11.5 Å². The predicted molar refractivity (Wildman–Crippen MR) is 60.3 cm³/mol. The lowest BCUT2D eigenvalue weighted by atomic mass is 10.1. The quantitative estimate of drug-likeness (QED) is 0.912. The van der Waals surface area contributed by atoms with Crippen LogP contribution in [0.4, 0.5) is 13.2 Å². The Kier molecular flexibility index (Phi) is 3.05. The van der Waals surface area contributed by atoms with E-state index in [0.29, 0.717) is 11.1 Å². The summed E-state index contributed by atoms with van der Waals surface area (Å²) in [5.41, 5.74) is -2.26. The molecule has 0 saturated heterocycles. The normalized spacial score (nSPS) is 11.6. The van der Waals surface area contributed by atoms with Crippen molar-refractivity contribution in [3.63, 3.8) is 0 Å². The molecule has 0 aliphatic rings. The maximum absolute atomic E-state index is 12.8. The summed E-state index contributed by atoms with van der Waals surface area (Å²) < 4.78 is 43.2. The molecule has 0 amide bonds. The van der Waals surface area contributed by atoms with E-state index in [1.165, 1.54) is 25.3 Å². The highest BCUT2D eigenvalue weighted by atomic mass is 19.4. The van der Waals surface area contributed by atoms with Crippen molar-refractivity contribution in [1.29, 1.82) is 0 Å². The van der Waals surface area contributed by atoms with Crippen molar-refractivity contribution in [1.82, 2.24) is 4.98 Å². The average molecular weight is 271 g/mol. The highest BCUT2D eigenvalue weighted by molar-refractivity contribution is 5.94. The number of methoxy groups -OCH3 is 1. The number of hydrogen-bond acceptors (Lipinski definition) is 3. The van der Waals surface area contributed by atoms with E-state index in [1.807, 2.05) is 0 Å². The standard InChI is InChI=1S/C12H8F3NO3/c1-19-7-3-2-6-4-8(11(17)18)10(12(13,14)15)16-9(6)5-7/h2-5H,1H3,(H,17,18). The van der Waals surface area contributed by atoms with Crippen LogP contribution in [0.3, 0.4) is 0 Å². The van der Waals surface area contributed by atoms with Crippen LogP contribution >= 0.6 is 0 Å². The molecule has 0 radical (unpaired) electrons. The number of alkyl halides is 3. The second-order valence-corrected chi connectivity index (χ2v) is 3.75. The molecule has 0 fully saturated rings. The van der Waals surface area contributed by atoms with Gasteiger partial charge in [0.05, 0.1) is 18.2 Å². The molecular formula is C12H8F3NO3. The number of carboxylic acid groups (broad SMARTS) is 1. The number of carboxylic acids is 1. The molecule has 1 aromatic heterocycles. The number of pyridine rings is 1. The fourth-order valence-corrected chi connectivity index (χ4v) is 1.65. The monoisotopic (exact) mass is 271 g/mol. The Balaban J connectivity index is 2.77. The van der Waals surface area contributed by atoms with Crippen molar-refractivity contribution in [2.45, 2.75) is 6.18 Å². The lowest BCUT2D eigenvalue weighted by molar-refractivity contribution is -0.141. The van der Waals surface area contributed by atoms with Crippen LogP contribution in [0.1, 0.15) is 16.1 Å². The van der Waals surface area contributed by atoms with Gasteiger partial charge in [0.2, 0.25) is 0 Å². The van der Waals surface area contributed by atoms with Crippen LogP contribution in [0.5, 0.6) is 5.75 Å². The van der Waals surface area contributed by atoms with Crippen molar-refractivity contribution in [3.8, 4) is 5.75 Å². The van der Waals surface area contributed by atoms with E-state index in [9.17, 15) is 18.0 Å². The van der Waals surface area contributed by atoms with Gasteiger partial charge in [-0.15, -0.1) is 0 Å². The third kappa shape index (κ3) is 2.44. The molecule has 4 nitrogen and oxygen atoms in total. The Morgan fingerprint density at radius 1 is 1.32 bits per heavy atom. The third-order valence-corrected chi connectivity index (χ3v) is 2.52. The number of aromatic carboxylic acids is 1. The number of hydrogen-bond donors (Lipinski definition) is 1. The Bertz CT molecular complexity index is 652. The first kappa shape index (κ1) is 13.1. The van der Waals surface area contributed by atoms with Gasteiger partial charge in [0.25, 0.3) is 0 Å². The highest BCUT2D eigenvalue weighted by Gasteiger charge is 2.37. The maximum Gasteiger partial charge on any atom is 0.434 e. The Labute approximate surface area is 105 Å². The van der Waals surface area contributed by atoms with E-state index in [4.69, 9.17) is 9.84 Å². The summed E-state index contributed by atoms with van der Waals surface area (Å²) in [5.74, 6) is -1.33. The van der Waals surface area contributed by atoms with Gasteiger partial charge in [-0.25, -0.2) is 9.78 Å². The number of rotatable bonds is 2. The average Bonchev–Trinajstić information content (AvgIpc) is 2.35. The minimum absolute atomic E-state index is 0.0247. The first-order valence-electron chi connectivity index (χ1n) is 5.12. The van der Waals surface area contributed by atoms with E-state index in [0.717, 1.165) is 6.07 Å². The van der Waals surface area contributed by atoms with Gasteiger partial charge in [-0.2, -0.15) is 13.2 Å². The van der Waals surface area contributed by atoms with Crippen LogP contribution in [0.15, 0.2) is 24.3 Å². The number of nitrogens with zero attached hydrogens (tertiary/aromatic N) is 1. The Morgan fingerprint density at radius 2 is 2.00 bits per heavy atom. The molecule has 1 aromatic carbocycles. The molecule has 0 aliphatic heterocycles. The molecule has 1 heterocycles. The molecule has 0 saturated carbocycles. The van der Waals surface area contributed by atoms with Gasteiger partial charge >= 0.3 is 12.1 Å². The topological polar surface area (TPSA) is 59.4 Å². The summed E-state index contributed by atoms with van der Waals surface area (Å²) in [6.45, 7) is 0. The zero-order chi connectivity index (χ0) is 14.2. The van der Waals surface area contributed by atoms with Crippen LogP contribution in [0.25, 0.3) is 10.9 Å². The SMILES string of the molecule is COc1ccc2cc(C(=O)O)c(C(F)(F)F)nc2c1. The van der Waals surface area contributed by atoms with E-state index < -0.39 is 23.4 Å². The molecule has 2 rings (SSSR count). The third-order valence-electron chi connectivity index (χ3n) is 2.52. The van der Waals surface area contributed by atoms with E-state index in [-0.39, 0.29) is 5.52 Å². The summed E-state index contributed by atoms with van der Waals surface area (Å²) in [6.07, 6.45) is -4.83. The van der Waals surface area contributed by atoms with Crippen molar-refractivity contribution in [2.75, 3.05) is 7.11 Å². The van der Waals surface area contributed by atoms with E-state index >= 15 is 0 Å². The molecule has 19 heavy (non-hydrogen) atoms. The van der Waals surface area contributed by atoms with Crippen LogP contribution < -0.4 is 4.74 Å². The molecular weight excluding hydrogens is 263 g/mol. The van der Waals surface area contributed by atoms with Crippen LogP contribution in [0, 0.1) is 0 Å². The second-order valence-electron chi connectivity index (χ2n) is 3.75. The predicted octanol–water partition coefficient (Wildman–Crippen LogP) is 2.96. The smallest absolute Gasteiger partial charge is 0.434 e. The number of benzene rings is 1. The maximum atomic E-state index is 12.8. The summed E-state index contributed by atoms with van der Waals surface area (Å²) >= 11 is 0. The lowest BCUT2D eigenvalue weighted by Crippen LogP contribution is -2.15. The van der Waals surface area contributed by atoms with E-state index in [1.54, 1.807) is 0 Å². The molecule has 2 aromatic rings. The minimum atomic E-state index is -4.83. The Hall–Kier alpha value is -2.31. The summed E-state index contributed by atoms with van der Waals surface area (Å²) in [7, 11) is 1.37. The number of ether oxygens (including phenoxy) is 1. The zero-order valence-electron chi connectivity index (χ0n) is 9.65. The van der Waals surface area contributed by atoms with Crippen LogP contribution in [-0.4, -0.2) is 23.2 Å². The number of halogens is 3. The lowest BCUT2D eigenvalue weighted by Gasteiger charge is -2.11. The van der Waals surface area contributed by atoms with E-state index in [2.05, 4.69) is 4.98 Å². The van der Waals surface area contributed by atoms with Gasteiger partial charge in [0.1, 0.15) is 5.75 Å². The van der Waals surface area contributed by atoms with Crippen molar-refractivity contribution < 1.29 is 27.8 Å². The molecule has 0 spiro atoms. The van der Waals surface area contributed by atoms with Gasteiger partial charge in [-0.1, -0.05) is 0 Å². The van der Waals surface area contributed by atoms with Gasteiger partial charge < -0.3 is 9.84 Å². The molecule has 0 atom stereocenters. The molecule has 0 unspecified atom stereocenters. The number of aromatic nitrogens is 1. The number of carbonyl (C=O) groups is 1. The van der Waals surface area contributed by atoms with Gasteiger partial charge in [-0.05, 0) is 18.2 Å². The summed E-state index contributed by atoms with van der Waals surface area (Å²) in [5, 5.41) is 9.12. The van der Waals surface area contributed by atoms with Gasteiger partial charge in [0.15, 0.2) is 5.69 Å².